The van der Waals surface area contributed by atoms with Crippen molar-refractivity contribution in [3.8, 4) is 0 Å². The number of thioether (sulfide) groups is 1. The van der Waals surface area contributed by atoms with E-state index in [1.165, 1.54) is 15.4 Å². The van der Waals surface area contributed by atoms with Crippen molar-refractivity contribution in [3.63, 3.8) is 0 Å². The first kappa shape index (κ1) is 24.3. The molecule has 1 aliphatic rings. The summed E-state index contributed by atoms with van der Waals surface area (Å²) in [6.45, 7) is 3.55. The van der Waals surface area contributed by atoms with Crippen LogP contribution >= 0.6 is 27.7 Å². The molecule has 2 aromatic rings. The van der Waals surface area contributed by atoms with Gasteiger partial charge >= 0.3 is 0 Å². The van der Waals surface area contributed by atoms with E-state index < -0.39 is 10.0 Å². The van der Waals surface area contributed by atoms with E-state index >= 15 is 0 Å². The molecule has 1 N–H and O–H groups in total. The van der Waals surface area contributed by atoms with Gasteiger partial charge in [0.2, 0.25) is 15.9 Å². The van der Waals surface area contributed by atoms with Gasteiger partial charge in [-0.1, -0.05) is 52.3 Å². The fraction of sp³-hybridized carbons (Fsp3) is 0.435. The Morgan fingerprint density at radius 1 is 1.16 bits per heavy atom. The van der Waals surface area contributed by atoms with Crippen molar-refractivity contribution in [1.29, 1.82) is 0 Å². The highest BCUT2D eigenvalue weighted by Gasteiger charge is 2.31. The Hall–Kier alpha value is -1.35. The summed E-state index contributed by atoms with van der Waals surface area (Å²) >= 11 is 5.19. The molecule has 0 spiro atoms. The zero-order valence-electron chi connectivity index (χ0n) is 17.7. The van der Waals surface area contributed by atoms with Crippen molar-refractivity contribution < 1.29 is 13.2 Å². The molecule has 5 nitrogen and oxygen atoms in total. The van der Waals surface area contributed by atoms with Crippen LogP contribution in [0.15, 0.2) is 53.0 Å². The van der Waals surface area contributed by atoms with Gasteiger partial charge in [-0.3, -0.25) is 4.79 Å². The standard InChI is InChI=1S/C23H29BrN2O3S2/c1-18-5-2-3-7-21(18)16-30-14-11-25-23(27)20-9-12-26(13-10-20)31(28,29)17-19-6-4-8-22(24)15-19/h2-8,15,20H,9-14,16-17H2,1H3,(H,25,27). The Morgan fingerprint density at radius 2 is 1.90 bits per heavy atom. The summed E-state index contributed by atoms with van der Waals surface area (Å²) in [7, 11) is -3.38. The second-order valence-electron chi connectivity index (χ2n) is 7.83. The Labute approximate surface area is 198 Å². The van der Waals surface area contributed by atoms with E-state index in [1.54, 1.807) is 0 Å². The summed E-state index contributed by atoms with van der Waals surface area (Å²) in [4.78, 5) is 12.5. The zero-order chi connectivity index (χ0) is 22.3. The molecule has 0 radical (unpaired) electrons. The predicted molar refractivity (Wildman–Crippen MR) is 131 cm³/mol. The molecule has 8 heteroatoms. The first-order valence-corrected chi connectivity index (χ1v) is 14.0. The molecule has 3 rings (SSSR count). The Kier molecular flexibility index (Phi) is 9.01. The molecule has 31 heavy (non-hydrogen) atoms. The van der Waals surface area contributed by atoms with Crippen LogP contribution in [0.1, 0.15) is 29.5 Å². The van der Waals surface area contributed by atoms with Crippen molar-refractivity contribution in [2.75, 3.05) is 25.4 Å². The van der Waals surface area contributed by atoms with Gasteiger partial charge in [-0.2, -0.15) is 11.8 Å². The van der Waals surface area contributed by atoms with Crippen LogP contribution in [-0.4, -0.2) is 44.0 Å². The molecule has 0 aromatic heterocycles. The Morgan fingerprint density at radius 3 is 2.61 bits per heavy atom. The number of sulfonamides is 1. The van der Waals surface area contributed by atoms with Gasteiger partial charge in [0.15, 0.2) is 0 Å². The average molecular weight is 526 g/mol. The number of carbonyl (C=O) groups is 1. The van der Waals surface area contributed by atoms with Crippen LogP contribution < -0.4 is 5.32 Å². The number of amides is 1. The van der Waals surface area contributed by atoms with E-state index in [4.69, 9.17) is 0 Å². The lowest BCUT2D eigenvalue weighted by Crippen LogP contribution is -2.43. The monoisotopic (exact) mass is 524 g/mol. The number of aryl methyl sites for hydroxylation is 1. The number of carbonyl (C=O) groups excluding carboxylic acids is 1. The lowest BCUT2D eigenvalue weighted by Gasteiger charge is -2.30. The summed E-state index contributed by atoms with van der Waals surface area (Å²) < 4.78 is 27.9. The fourth-order valence-electron chi connectivity index (χ4n) is 3.67. The fourth-order valence-corrected chi connectivity index (χ4v) is 6.60. The van der Waals surface area contributed by atoms with Crippen LogP contribution in [0.3, 0.4) is 0 Å². The van der Waals surface area contributed by atoms with Crippen molar-refractivity contribution >= 4 is 43.6 Å². The van der Waals surface area contributed by atoms with Crippen LogP contribution in [0.5, 0.6) is 0 Å². The van der Waals surface area contributed by atoms with Crippen LogP contribution in [0.4, 0.5) is 0 Å². The number of hydrogen-bond acceptors (Lipinski definition) is 4. The largest absolute Gasteiger partial charge is 0.355 e. The van der Waals surface area contributed by atoms with Crippen LogP contribution in [0.2, 0.25) is 0 Å². The minimum Gasteiger partial charge on any atom is -0.355 e. The third-order valence-corrected chi connectivity index (χ3v) is 8.87. The number of benzene rings is 2. The van der Waals surface area contributed by atoms with Crippen molar-refractivity contribution in [2.24, 2.45) is 5.92 Å². The van der Waals surface area contributed by atoms with Crippen molar-refractivity contribution in [1.82, 2.24) is 9.62 Å². The SMILES string of the molecule is Cc1ccccc1CSCCNC(=O)C1CCN(S(=O)(=O)Cc2cccc(Br)c2)CC1. The maximum Gasteiger partial charge on any atom is 0.223 e. The summed E-state index contributed by atoms with van der Waals surface area (Å²) in [5, 5.41) is 3.02. The highest BCUT2D eigenvalue weighted by atomic mass is 79.9. The maximum atomic E-state index is 12.7. The van der Waals surface area contributed by atoms with Gasteiger partial charge in [0.1, 0.15) is 0 Å². The van der Waals surface area contributed by atoms with Gasteiger partial charge in [0.05, 0.1) is 5.75 Å². The molecule has 168 valence electrons. The van der Waals surface area contributed by atoms with Gasteiger partial charge in [0.25, 0.3) is 0 Å². The smallest absolute Gasteiger partial charge is 0.223 e. The van der Waals surface area contributed by atoms with Gasteiger partial charge in [-0.15, -0.1) is 0 Å². The first-order valence-electron chi connectivity index (χ1n) is 10.5. The van der Waals surface area contributed by atoms with E-state index in [1.807, 2.05) is 42.1 Å². The molecule has 2 aromatic carbocycles. The highest BCUT2D eigenvalue weighted by molar-refractivity contribution is 9.10. The maximum absolute atomic E-state index is 12.7. The van der Waals surface area contributed by atoms with Crippen molar-refractivity contribution in [3.05, 3.63) is 69.7 Å². The molecule has 0 bridgehead atoms. The lowest BCUT2D eigenvalue weighted by atomic mass is 9.97. The number of piperidine rings is 1. The normalized spacial score (nSPS) is 15.7. The molecular weight excluding hydrogens is 496 g/mol. The number of nitrogens with one attached hydrogen (secondary N) is 1. The summed E-state index contributed by atoms with van der Waals surface area (Å²) in [6, 6.07) is 15.7. The predicted octanol–water partition coefficient (Wildman–Crippen LogP) is 4.35. The molecule has 1 amide bonds. The van der Waals surface area contributed by atoms with Gasteiger partial charge in [-0.25, -0.2) is 12.7 Å². The van der Waals surface area contributed by atoms with Gasteiger partial charge in [0, 0.05) is 41.5 Å². The second-order valence-corrected chi connectivity index (χ2v) is 11.8. The molecule has 1 heterocycles. The van der Waals surface area contributed by atoms with E-state index in [0.29, 0.717) is 32.5 Å². The quantitative estimate of drug-likeness (QED) is 0.495. The van der Waals surface area contributed by atoms with Crippen LogP contribution in [0, 0.1) is 12.8 Å². The lowest BCUT2D eigenvalue weighted by molar-refractivity contribution is -0.125. The first-order chi connectivity index (χ1) is 14.8. The molecule has 0 aliphatic carbocycles. The van der Waals surface area contributed by atoms with E-state index in [-0.39, 0.29) is 17.6 Å². The molecule has 1 aliphatic heterocycles. The zero-order valence-corrected chi connectivity index (χ0v) is 20.9. The molecule has 0 saturated carbocycles. The Bertz CT molecular complexity index is 990. The van der Waals surface area contributed by atoms with Crippen LogP contribution in [0.25, 0.3) is 0 Å². The second kappa shape index (κ2) is 11.5. The number of nitrogens with zero attached hydrogens (tertiary/aromatic N) is 1. The van der Waals surface area contributed by atoms with E-state index in [2.05, 4.69) is 46.4 Å². The topological polar surface area (TPSA) is 66.5 Å². The average Bonchev–Trinajstić information content (AvgIpc) is 2.74. The number of hydrogen-bond donors (Lipinski definition) is 1. The molecular formula is C23H29BrN2O3S2. The van der Waals surface area contributed by atoms with E-state index in [0.717, 1.165) is 21.5 Å². The summed E-state index contributed by atoms with van der Waals surface area (Å²) in [5.74, 6) is 1.72. The summed E-state index contributed by atoms with van der Waals surface area (Å²) in [6.07, 6.45) is 1.14. The molecule has 1 fully saturated rings. The molecule has 0 atom stereocenters. The Balaban J connectivity index is 1.37. The van der Waals surface area contributed by atoms with Gasteiger partial charge < -0.3 is 5.32 Å². The molecule has 1 saturated heterocycles. The van der Waals surface area contributed by atoms with E-state index in [9.17, 15) is 13.2 Å². The van der Waals surface area contributed by atoms with Gasteiger partial charge in [-0.05, 0) is 48.6 Å². The third kappa shape index (κ3) is 7.34. The van der Waals surface area contributed by atoms with Crippen LogP contribution in [-0.2, 0) is 26.3 Å². The summed E-state index contributed by atoms with van der Waals surface area (Å²) in [5.41, 5.74) is 3.38. The third-order valence-electron chi connectivity index (χ3n) is 5.52. The minimum absolute atomic E-state index is 0.0125. The molecule has 0 unspecified atom stereocenters. The van der Waals surface area contributed by atoms with Crippen molar-refractivity contribution in [2.45, 2.75) is 31.3 Å². The number of halogens is 1. The number of rotatable bonds is 9. The minimum atomic E-state index is -3.38. The highest BCUT2D eigenvalue weighted by Crippen LogP contribution is 2.23.